The molecule has 3 aliphatic heterocycles. The zero-order valence-corrected chi connectivity index (χ0v) is 18.6. The number of hydrogen-bond donors (Lipinski definition) is 2. The number of morpholine rings is 1. The van der Waals surface area contributed by atoms with E-state index in [-0.39, 0.29) is 11.9 Å². The van der Waals surface area contributed by atoms with Crippen LogP contribution in [0.1, 0.15) is 6.92 Å². The monoisotopic (exact) mass is 457 g/mol. The Balaban J connectivity index is 0.000000290. The molecule has 0 radical (unpaired) electrons. The SMILES string of the molecule is CC(=O)Nc1ccccc1-c1cnc2nc(N)nc(N3CCOCC3)c2n1.c1cc2cc(c1)O2. The Morgan fingerprint density at radius 1 is 1.03 bits per heavy atom. The lowest BCUT2D eigenvalue weighted by Gasteiger charge is -2.28. The van der Waals surface area contributed by atoms with Gasteiger partial charge in [0.2, 0.25) is 11.9 Å². The highest BCUT2D eigenvalue weighted by atomic mass is 16.5. The van der Waals surface area contributed by atoms with Crippen molar-refractivity contribution in [2.24, 2.45) is 0 Å². The second-order valence-electron chi connectivity index (χ2n) is 7.74. The minimum absolute atomic E-state index is 0.152. The van der Waals surface area contributed by atoms with Crippen LogP contribution in [0.3, 0.4) is 0 Å². The van der Waals surface area contributed by atoms with Crippen molar-refractivity contribution in [1.29, 1.82) is 0 Å². The molecule has 34 heavy (non-hydrogen) atoms. The number of rotatable bonds is 3. The molecule has 5 heterocycles. The van der Waals surface area contributed by atoms with Crippen molar-refractivity contribution in [2.75, 3.05) is 42.3 Å². The number of nitrogens with two attached hydrogens (primary N) is 1. The number of aromatic nitrogens is 4. The van der Waals surface area contributed by atoms with Gasteiger partial charge in [0.15, 0.2) is 17.0 Å². The summed E-state index contributed by atoms with van der Waals surface area (Å²) >= 11 is 0. The summed E-state index contributed by atoms with van der Waals surface area (Å²) < 4.78 is 10.4. The number of nitrogen functional groups attached to an aromatic ring is 1. The zero-order chi connectivity index (χ0) is 23.5. The van der Waals surface area contributed by atoms with Gasteiger partial charge in [-0.15, -0.1) is 0 Å². The van der Waals surface area contributed by atoms with Crippen LogP contribution in [-0.2, 0) is 9.53 Å². The molecule has 2 aromatic heterocycles. The number of anilines is 3. The first-order valence-electron chi connectivity index (χ1n) is 10.8. The summed E-state index contributed by atoms with van der Waals surface area (Å²) in [7, 11) is 0. The lowest BCUT2D eigenvalue weighted by molar-refractivity contribution is -0.114. The molecule has 172 valence electrons. The first-order chi connectivity index (χ1) is 16.6. The van der Waals surface area contributed by atoms with Gasteiger partial charge >= 0.3 is 0 Å². The van der Waals surface area contributed by atoms with E-state index in [1.54, 1.807) is 6.20 Å². The molecule has 0 spiro atoms. The van der Waals surface area contributed by atoms with Crippen LogP contribution in [0.5, 0.6) is 11.5 Å². The predicted molar refractivity (Wildman–Crippen MR) is 129 cm³/mol. The van der Waals surface area contributed by atoms with Crippen LogP contribution in [0.2, 0.25) is 0 Å². The highest BCUT2D eigenvalue weighted by Gasteiger charge is 2.20. The van der Waals surface area contributed by atoms with Gasteiger partial charge in [0.25, 0.3) is 0 Å². The molecule has 0 unspecified atom stereocenters. The molecular weight excluding hydrogens is 434 g/mol. The quantitative estimate of drug-likeness (QED) is 0.419. The molecule has 2 bridgehead atoms. The maximum atomic E-state index is 11.5. The van der Waals surface area contributed by atoms with E-state index in [4.69, 9.17) is 20.2 Å². The smallest absolute Gasteiger partial charge is 0.224 e. The van der Waals surface area contributed by atoms with Crippen molar-refractivity contribution < 1.29 is 14.3 Å². The minimum Gasteiger partial charge on any atom is -0.457 e. The molecule has 7 rings (SSSR count). The molecule has 0 atom stereocenters. The zero-order valence-electron chi connectivity index (χ0n) is 18.6. The predicted octanol–water partition coefficient (Wildman–Crippen LogP) is 3.26. The Morgan fingerprint density at radius 2 is 1.76 bits per heavy atom. The van der Waals surface area contributed by atoms with Crippen LogP contribution < -0.4 is 20.7 Å². The fourth-order valence-corrected chi connectivity index (χ4v) is 3.72. The molecule has 3 aliphatic rings. The van der Waals surface area contributed by atoms with Gasteiger partial charge in [-0.25, -0.2) is 9.97 Å². The van der Waals surface area contributed by atoms with Gasteiger partial charge in [-0.05, 0) is 18.2 Å². The van der Waals surface area contributed by atoms with Crippen LogP contribution >= 0.6 is 0 Å². The average molecular weight is 457 g/mol. The number of carbonyl (C=O) groups is 1. The maximum absolute atomic E-state index is 11.5. The summed E-state index contributed by atoms with van der Waals surface area (Å²) in [6.07, 6.45) is 1.62. The third kappa shape index (κ3) is 4.57. The minimum atomic E-state index is -0.152. The molecule has 1 saturated heterocycles. The number of carbonyl (C=O) groups excluding carboxylic acids is 1. The summed E-state index contributed by atoms with van der Waals surface area (Å²) in [4.78, 5) is 31.4. The van der Waals surface area contributed by atoms with Crippen LogP contribution in [-0.4, -0.2) is 52.1 Å². The second kappa shape index (κ2) is 9.28. The molecule has 10 nitrogen and oxygen atoms in total. The first-order valence-corrected chi connectivity index (χ1v) is 10.8. The van der Waals surface area contributed by atoms with Crippen LogP contribution in [0.15, 0.2) is 54.7 Å². The van der Waals surface area contributed by atoms with E-state index in [9.17, 15) is 4.79 Å². The van der Waals surface area contributed by atoms with Crippen molar-refractivity contribution in [2.45, 2.75) is 6.92 Å². The maximum Gasteiger partial charge on any atom is 0.224 e. The van der Waals surface area contributed by atoms with Gasteiger partial charge in [-0.2, -0.15) is 9.97 Å². The molecule has 0 saturated carbocycles. The third-order valence-electron chi connectivity index (χ3n) is 5.27. The van der Waals surface area contributed by atoms with Gasteiger partial charge < -0.3 is 25.4 Å². The van der Waals surface area contributed by atoms with Crippen molar-refractivity contribution in [3.63, 3.8) is 0 Å². The average Bonchev–Trinajstić information content (AvgIpc) is 2.84. The van der Waals surface area contributed by atoms with Crippen molar-refractivity contribution in [3.05, 3.63) is 54.7 Å². The Hall–Kier alpha value is -4.31. The Morgan fingerprint density at radius 3 is 2.41 bits per heavy atom. The van der Waals surface area contributed by atoms with E-state index in [1.807, 2.05) is 48.5 Å². The molecular formula is C24H23N7O3. The lowest BCUT2D eigenvalue weighted by atomic mass is 10.1. The van der Waals surface area contributed by atoms with E-state index in [1.165, 1.54) is 6.92 Å². The van der Waals surface area contributed by atoms with Crippen molar-refractivity contribution in [1.82, 2.24) is 19.9 Å². The van der Waals surface area contributed by atoms with Crippen LogP contribution in [0.25, 0.3) is 22.4 Å². The standard InChI is InChI=1S/C18H19N7O2.C6H4O/c1-11(26)21-13-5-3-2-4-12(13)14-10-20-16-15(22-14)17(24-18(19)23-16)25-6-8-27-9-7-25;1-2-5-4-6(3-1)7-5/h2-5,10H,6-9H2,1H3,(H,21,26)(H2,19,20,23,24);1-4H. The number of benzene rings is 2. The molecule has 0 aliphatic carbocycles. The van der Waals surface area contributed by atoms with Gasteiger partial charge in [-0.1, -0.05) is 24.3 Å². The number of ether oxygens (including phenoxy) is 2. The second-order valence-corrected chi connectivity index (χ2v) is 7.74. The van der Waals surface area contributed by atoms with Gasteiger partial charge in [-0.3, -0.25) is 4.79 Å². The molecule has 1 fully saturated rings. The molecule has 2 aromatic carbocycles. The fraction of sp³-hybridized carbons (Fsp3) is 0.208. The lowest BCUT2D eigenvalue weighted by Crippen LogP contribution is -2.37. The van der Waals surface area contributed by atoms with Crippen molar-refractivity contribution in [3.8, 4) is 22.8 Å². The number of para-hydroxylation sites is 1. The topological polar surface area (TPSA) is 128 Å². The number of nitrogens with zero attached hydrogens (tertiary/aromatic N) is 5. The molecule has 3 N–H and O–H groups in total. The van der Waals surface area contributed by atoms with E-state index < -0.39 is 0 Å². The highest BCUT2D eigenvalue weighted by molar-refractivity contribution is 5.94. The van der Waals surface area contributed by atoms with E-state index in [0.29, 0.717) is 54.7 Å². The van der Waals surface area contributed by atoms with Gasteiger partial charge in [0.1, 0.15) is 11.5 Å². The summed E-state index contributed by atoms with van der Waals surface area (Å²) in [6.45, 7) is 4.09. The van der Waals surface area contributed by atoms with Crippen molar-refractivity contribution >= 4 is 34.5 Å². The Kier molecular flexibility index (Phi) is 5.88. The third-order valence-corrected chi connectivity index (χ3v) is 5.27. The first kappa shape index (κ1) is 21.5. The molecule has 10 heteroatoms. The number of nitrogens with one attached hydrogen (secondary N) is 1. The van der Waals surface area contributed by atoms with Crippen LogP contribution in [0.4, 0.5) is 17.5 Å². The van der Waals surface area contributed by atoms with Gasteiger partial charge in [0, 0.05) is 31.6 Å². The Labute approximate surface area is 195 Å². The molecule has 4 aromatic rings. The fourth-order valence-electron chi connectivity index (χ4n) is 3.72. The molecule has 1 amide bonds. The van der Waals surface area contributed by atoms with E-state index in [0.717, 1.165) is 17.1 Å². The summed E-state index contributed by atoms with van der Waals surface area (Å²) in [5.41, 5.74) is 8.93. The number of amides is 1. The van der Waals surface area contributed by atoms with Crippen LogP contribution in [0, 0.1) is 0 Å². The summed E-state index contributed by atoms with van der Waals surface area (Å²) in [5, 5.41) is 2.82. The Bertz CT molecular complexity index is 1330. The highest BCUT2D eigenvalue weighted by Crippen LogP contribution is 2.33. The summed E-state index contributed by atoms with van der Waals surface area (Å²) in [6, 6.07) is 15.3. The number of fused-ring (bicyclic) bond motifs is 3. The van der Waals surface area contributed by atoms with Gasteiger partial charge in [0.05, 0.1) is 30.8 Å². The largest absolute Gasteiger partial charge is 0.457 e. The number of hydrogen-bond acceptors (Lipinski definition) is 9. The normalized spacial score (nSPS) is 13.9. The van der Waals surface area contributed by atoms with E-state index >= 15 is 0 Å². The summed E-state index contributed by atoms with van der Waals surface area (Å²) in [5.74, 6) is 2.62. The van der Waals surface area contributed by atoms with E-state index in [2.05, 4.69) is 25.2 Å².